The van der Waals surface area contributed by atoms with Gasteiger partial charge >= 0.3 is 6.18 Å². The molecule has 0 radical (unpaired) electrons. The highest BCUT2D eigenvalue weighted by molar-refractivity contribution is 8.26. The molecule has 1 fully saturated rings. The number of hydrogen-bond donors (Lipinski definition) is 1. The van der Waals surface area contributed by atoms with Crippen molar-refractivity contribution >= 4 is 51.9 Å². The van der Waals surface area contributed by atoms with E-state index in [1.807, 2.05) is 30.3 Å². The van der Waals surface area contributed by atoms with Crippen molar-refractivity contribution in [3.63, 3.8) is 0 Å². The van der Waals surface area contributed by atoms with E-state index in [0.29, 0.717) is 15.6 Å². The van der Waals surface area contributed by atoms with Gasteiger partial charge in [0.2, 0.25) is 5.91 Å². The lowest BCUT2D eigenvalue weighted by Crippen LogP contribution is -2.29. The number of carbonyl (C=O) groups excluding carboxylic acids is 2. The second-order valence-corrected chi connectivity index (χ2v) is 8.15. The van der Waals surface area contributed by atoms with Crippen LogP contribution in [0.1, 0.15) is 24.0 Å². The molecule has 2 aromatic rings. The minimum Gasteiger partial charge on any atom is -0.326 e. The molecule has 0 spiro atoms. The second kappa shape index (κ2) is 9.44. The van der Waals surface area contributed by atoms with Crippen molar-refractivity contribution in [2.75, 3.05) is 11.9 Å². The Kier molecular flexibility index (Phi) is 6.94. The molecule has 9 heteroatoms. The van der Waals surface area contributed by atoms with E-state index in [1.165, 1.54) is 28.8 Å². The lowest BCUT2D eigenvalue weighted by atomic mass is 10.2. The standard InChI is InChI=1S/C21H17F3N2O2S2/c22-21(23,24)15-8-4-9-16(13-15)25-18(27)10-5-11-26-19(28)17(30-20(26)29)12-14-6-2-1-3-7-14/h1-4,6-9,12-13H,5,10-11H2,(H,25,27)/b17-12-. The van der Waals surface area contributed by atoms with E-state index in [-0.39, 0.29) is 24.6 Å². The Bertz CT molecular complexity index is 991. The fourth-order valence-electron chi connectivity index (χ4n) is 2.79. The maximum Gasteiger partial charge on any atom is 0.416 e. The molecule has 3 rings (SSSR count). The summed E-state index contributed by atoms with van der Waals surface area (Å²) < 4.78 is 38.7. The van der Waals surface area contributed by atoms with Crippen LogP contribution in [0.4, 0.5) is 18.9 Å². The van der Waals surface area contributed by atoms with Crippen molar-refractivity contribution < 1.29 is 22.8 Å². The zero-order valence-corrected chi connectivity index (χ0v) is 17.2. The molecule has 0 aromatic heterocycles. The Hall–Kier alpha value is -2.65. The second-order valence-electron chi connectivity index (χ2n) is 6.47. The van der Waals surface area contributed by atoms with Crippen LogP contribution in [0.15, 0.2) is 59.5 Å². The summed E-state index contributed by atoms with van der Waals surface area (Å²) >= 11 is 6.47. The molecule has 1 saturated heterocycles. The van der Waals surface area contributed by atoms with Crippen molar-refractivity contribution in [2.45, 2.75) is 19.0 Å². The fourth-order valence-corrected chi connectivity index (χ4v) is 4.10. The highest BCUT2D eigenvalue weighted by atomic mass is 32.2. The van der Waals surface area contributed by atoms with Gasteiger partial charge in [0.15, 0.2) is 0 Å². The number of rotatable bonds is 6. The van der Waals surface area contributed by atoms with Crippen LogP contribution in [0, 0.1) is 0 Å². The van der Waals surface area contributed by atoms with Gasteiger partial charge in [-0.15, -0.1) is 0 Å². The number of carbonyl (C=O) groups is 2. The molecule has 0 aliphatic carbocycles. The number of thioether (sulfide) groups is 1. The summed E-state index contributed by atoms with van der Waals surface area (Å²) in [5.41, 5.74) is 0.132. The molecule has 0 saturated carbocycles. The summed E-state index contributed by atoms with van der Waals surface area (Å²) in [7, 11) is 0. The van der Waals surface area contributed by atoms with Crippen LogP contribution < -0.4 is 5.32 Å². The van der Waals surface area contributed by atoms with Crippen LogP contribution in [0.2, 0.25) is 0 Å². The predicted octanol–water partition coefficient (Wildman–Crippen LogP) is 5.33. The summed E-state index contributed by atoms with van der Waals surface area (Å²) in [6.45, 7) is 0.257. The van der Waals surface area contributed by atoms with E-state index in [2.05, 4.69) is 5.32 Å². The first kappa shape index (κ1) is 22.0. The molecular formula is C21H17F3N2O2S2. The normalized spacial score (nSPS) is 15.7. The molecule has 1 aliphatic heterocycles. The van der Waals surface area contributed by atoms with E-state index < -0.39 is 17.6 Å². The molecular weight excluding hydrogens is 433 g/mol. The van der Waals surface area contributed by atoms with Gasteiger partial charge in [0.05, 0.1) is 10.5 Å². The molecule has 1 N–H and O–H groups in total. The first-order valence-corrected chi connectivity index (χ1v) is 10.2. The Morgan fingerprint density at radius 3 is 2.57 bits per heavy atom. The number of nitrogens with one attached hydrogen (secondary N) is 1. The molecule has 1 aliphatic rings. The molecule has 0 unspecified atom stereocenters. The lowest BCUT2D eigenvalue weighted by Gasteiger charge is -2.14. The molecule has 0 atom stereocenters. The quantitative estimate of drug-likeness (QED) is 0.478. The number of anilines is 1. The molecule has 2 amide bonds. The van der Waals surface area contributed by atoms with Gasteiger partial charge in [0, 0.05) is 18.7 Å². The maximum atomic E-state index is 12.8. The summed E-state index contributed by atoms with van der Waals surface area (Å²) in [5.74, 6) is -0.647. The first-order valence-electron chi connectivity index (χ1n) is 9.01. The van der Waals surface area contributed by atoms with E-state index >= 15 is 0 Å². The Morgan fingerprint density at radius 1 is 1.13 bits per heavy atom. The molecule has 156 valence electrons. The van der Waals surface area contributed by atoms with Crippen molar-refractivity contribution in [1.82, 2.24) is 4.90 Å². The number of thiocarbonyl (C=S) groups is 1. The zero-order valence-electron chi connectivity index (χ0n) is 15.6. The zero-order chi connectivity index (χ0) is 21.7. The molecule has 0 bridgehead atoms. The van der Waals surface area contributed by atoms with Gasteiger partial charge < -0.3 is 5.32 Å². The highest BCUT2D eigenvalue weighted by Crippen LogP contribution is 2.33. The number of nitrogens with zero attached hydrogens (tertiary/aromatic N) is 1. The van der Waals surface area contributed by atoms with Crippen molar-refractivity contribution in [2.24, 2.45) is 0 Å². The predicted molar refractivity (Wildman–Crippen MR) is 116 cm³/mol. The molecule has 4 nitrogen and oxygen atoms in total. The van der Waals surface area contributed by atoms with Gasteiger partial charge in [-0.05, 0) is 36.3 Å². The SMILES string of the molecule is O=C(CCCN1C(=O)/C(=C/c2ccccc2)SC1=S)Nc1cccc(C(F)(F)F)c1. The highest BCUT2D eigenvalue weighted by Gasteiger charge is 2.32. The Balaban J connectivity index is 1.52. The molecule has 2 aromatic carbocycles. The van der Waals surface area contributed by atoms with Gasteiger partial charge in [0.1, 0.15) is 4.32 Å². The van der Waals surface area contributed by atoms with E-state index in [0.717, 1.165) is 17.7 Å². The Morgan fingerprint density at radius 2 is 1.87 bits per heavy atom. The van der Waals surface area contributed by atoms with Crippen LogP contribution in [-0.4, -0.2) is 27.6 Å². The maximum absolute atomic E-state index is 12.8. The fraction of sp³-hybridized carbons (Fsp3) is 0.190. The van der Waals surface area contributed by atoms with Crippen LogP contribution in [0.3, 0.4) is 0 Å². The number of hydrogen-bond acceptors (Lipinski definition) is 4. The monoisotopic (exact) mass is 450 g/mol. The molecule has 1 heterocycles. The van der Waals surface area contributed by atoms with Gasteiger partial charge in [0.25, 0.3) is 5.91 Å². The number of alkyl halides is 3. The largest absolute Gasteiger partial charge is 0.416 e. The van der Waals surface area contributed by atoms with Crippen LogP contribution in [-0.2, 0) is 15.8 Å². The van der Waals surface area contributed by atoms with Crippen molar-refractivity contribution in [3.8, 4) is 0 Å². The van der Waals surface area contributed by atoms with Crippen LogP contribution >= 0.6 is 24.0 Å². The van der Waals surface area contributed by atoms with E-state index in [1.54, 1.807) is 6.08 Å². The minimum absolute atomic E-state index is 0.0467. The summed E-state index contributed by atoms with van der Waals surface area (Å²) in [6, 6.07) is 13.8. The summed E-state index contributed by atoms with van der Waals surface area (Å²) in [5, 5.41) is 2.45. The average molecular weight is 451 g/mol. The van der Waals surface area contributed by atoms with Gasteiger partial charge in [-0.1, -0.05) is 60.4 Å². The van der Waals surface area contributed by atoms with Gasteiger partial charge in [-0.2, -0.15) is 13.2 Å². The van der Waals surface area contributed by atoms with Crippen LogP contribution in [0.5, 0.6) is 0 Å². The third kappa shape index (κ3) is 5.70. The topological polar surface area (TPSA) is 49.4 Å². The lowest BCUT2D eigenvalue weighted by molar-refractivity contribution is -0.137. The van der Waals surface area contributed by atoms with Crippen molar-refractivity contribution in [3.05, 3.63) is 70.6 Å². The Labute approximate surface area is 181 Å². The van der Waals surface area contributed by atoms with Gasteiger partial charge in [-0.25, -0.2) is 0 Å². The van der Waals surface area contributed by atoms with Gasteiger partial charge in [-0.3, -0.25) is 14.5 Å². The third-order valence-corrected chi connectivity index (χ3v) is 5.61. The van der Waals surface area contributed by atoms with Crippen LogP contribution in [0.25, 0.3) is 6.08 Å². The average Bonchev–Trinajstić information content (AvgIpc) is 2.95. The first-order chi connectivity index (χ1) is 14.2. The third-order valence-electron chi connectivity index (χ3n) is 4.23. The minimum atomic E-state index is -4.48. The smallest absolute Gasteiger partial charge is 0.326 e. The number of amides is 2. The van der Waals surface area contributed by atoms with E-state index in [9.17, 15) is 22.8 Å². The summed E-state index contributed by atoms with van der Waals surface area (Å²) in [6.07, 6.45) is -2.34. The molecule has 30 heavy (non-hydrogen) atoms. The number of halogens is 3. The number of benzene rings is 2. The summed E-state index contributed by atoms with van der Waals surface area (Å²) in [4.78, 5) is 26.6. The van der Waals surface area contributed by atoms with E-state index in [4.69, 9.17) is 12.2 Å². The van der Waals surface area contributed by atoms with Crippen molar-refractivity contribution in [1.29, 1.82) is 0 Å².